The average Bonchev–Trinajstić information content (AvgIpc) is 2.35. The fourth-order valence-corrected chi connectivity index (χ4v) is 2.01. The standard InChI is InChI=1S/C14H15NO2/c15-9-13(8-14(16)17)12-6-5-10-3-1-2-4-11(10)7-12/h1-7,13H,8-9,15H2,(H,16,17)/t13-/m1/s1. The molecule has 0 aromatic heterocycles. The normalized spacial score (nSPS) is 12.5. The van der Waals surface area contributed by atoms with Crippen LogP contribution >= 0.6 is 0 Å². The van der Waals surface area contributed by atoms with E-state index in [2.05, 4.69) is 0 Å². The van der Waals surface area contributed by atoms with Gasteiger partial charge in [0.1, 0.15) is 0 Å². The first-order valence-corrected chi connectivity index (χ1v) is 5.61. The molecule has 17 heavy (non-hydrogen) atoms. The number of carboxylic acids is 1. The summed E-state index contributed by atoms with van der Waals surface area (Å²) in [6.45, 7) is 0.352. The van der Waals surface area contributed by atoms with Gasteiger partial charge in [0.2, 0.25) is 0 Å². The summed E-state index contributed by atoms with van der Waals surface area (Å²) in [5, 5.41) is 11.1. The zero-order valence-corrected chi connectivity index (χ0v) is 9.47. The van der Waals surface area contributed by atoms with Crippen LogP contribution < -0.4 is 5.73 Å². The molecule has 3 nitrogen and oxygen atoms in total. The van der Waals surface area contributed by atoms with E-state index >= 15 is 0 Å². The summed E-state index contributed by atoms with van der Waals surface area (Å²) in [4.78, 5) is 10.7. The first kappa shape index (κ1) is 11.6. The van der Waals surface area contributed by atoms with Crippen LogP contribution in [-0.2, 0) is 4.79 Å². The minimum absolute atomic E-state index is 0.0782. The van der Waals surface area contributed by atoms with Gasteiger partial charge in [-0.2, -0.15) is 0 Å². The maximum atomic E-state index is 10.7. The monoisotopic (exact) mass is 229 g/mol. The van der Waals surface area contributed by atoms with Crippen molar-refractivity contribution in [1.29, 1.82) is 0 Å². The van der Waals surface area contributed by atoms with Crippen LogP contribution in [0.15, 0.2) is 42.5 Å². The Morgan fingerprint density at radius 3 is 2.53 bits per heavy atom. The van der Waals surface area contributed by atoms with Gasteiger partial charge in [-0.25, -0.2) is 0 Å². The lowest BCUT2D eigenvalue weighted by Crippen LogP contribution is -2.16. The highest BCUT2D eigenvalue weighted by atomic mass is 16.4. The number of fused-ring (bicyclic) bond motifs is 1. The summed E-state index contributed by atoms with van der Waals surface area (Å²) in [6.07, 6.45) is 0.0782. The highest BCUT2D eigenvalue weighted by molar-refractivity contribution is 5.83. The Hall–Kier alpha value is -1.87. The molecule has 0 fully saturated rings. The SMILES string of the molecule is NC[C@@H](CC(=O)O)c1ccc2ccccc2c1. The van der Waals surface area contributed by atoms with Gasteiger partial charge in [-0.05, 0) is 22.9 Å². The fraction of sp³-hybridized carbons (Fsp3) is 0.214. The molecule has 88 valence electrons. The smallest absolute Gasteiger partial charge is 0.304 e. The first-order valence-electron chi connectivity index (χ1n) is 5.61. The van der Waals surface area contributed by atoms with Crippen LogP contribution in [0.3, 0.4) is 0 Å². The van der Waals surface area contributed by atoms with Crippen molar-refractivity contribution in [2.75, 3.05) is 6.54 Å². The highest BCUT2D eigenvalue weighted by Crippen LogP contribution is 2.23. The summed E-state index contributed by atoms with van der Waals surface area (Å²) in [6, 6.07) is 14.0. The number of aliphatic carboxylic acids is 1. The van der Waals surface area contributed by atoms with Crippen LogP contribution in [0.25, 0.3) is 10.8 Å². The predicted molar refractivity (Wildman–Crippen MR) is 68.0 cm³/mol. The van der Waals surface area contributed by atoms with E-state index in [1.54, 1.807) is 0 Å². The quantitative estimate of drug-likeness (QED) is 0.845. The van der Waals surface area contributed by atoms with Gasteiger partial charge in [0.05, 0.1) is 6.42 Å². The number of hydrogen-bond donors (Lipinski definition) is 2. The second-order valence-corrected chi connectivity index (χ2v) is 4.14. The van der Waals surface area contributed by atoms with Gasteiger partial charge in [0.25, 0.3) is 0 Å². The van der Waals surface area contributed by atoms with Crippen molar-refractivity contribution >= 4 is 16.7 Å². The number of carbonyl (C=O) groups is 1. The zero-order valence-electron chi connectivity index (χ0n) is 9.47. The second-order valence-electron chi connectivity index (χ2n) is 4.14. The molecule has 0 aliphatic heterocycles. The summed E-state index contributed by atoms with van der Waals surface area (Å²) in [5.41, 5.74) is 6.63. The Labute approximate surface area is 99.9 Å². The van der Waals surface area contributed by atoms with Crippen molar-refractivity contribution in [1.82, 2.24) is 0 Å². The molecule has 0 heterocycles. The third-order valence-corrected chi connectivity index (χ3v) is 2.95. The van der Waals surface area contributed by atoms with Crippen molar-refractivity contribution < 1.29 is 9.90 Å². The molecule has 0 aliphatic carbocycles. The minimum atomic E-state index is -0.811. The molecule has 2 rings (SSSR count). The Balaban J connectivity index is 2.37. The average molecular weight is 229 g/mol. The van der Waals surface area contributed by atoms with Crippen LogP contribution in [0.4, 0.5) is 0 Å². The van der Waals surface area contributed by atoms with E-state index in [4.69, 9.17) is 10.8 Å². The van der Waals surface area contributed by atoms with Crippen LogP contribution in [0.5, 0.6) is 0 Å². The Bertz CT molecular complexity index is 536. The predicted octanol–water partition coefficient (Wildman–Crippen LogP) is 2.36. The molecule has 0 amide bonds. The van der Waals surface area contributed by atoms with Gasteiger partial charge < -0.3 is 10.8 Å². The lowest BCUT2D eigenvalue weighted by atomic mass is 9.94. The van der Waals surface area contributed by atoms with E-state index in [1.807, 2.05) is 42.5 Å². The molecule has 0 spiro atoms. The molecule has 2 aromatic carbocycles. The van der Waals surface area contributed by atoms with Crippen LogP contribution in [0, 0.1) is 0 Å². The van der Waals surface area contributed by atoms with E-state index in [0.717, 1.165) is 16.3 Å². The van der Waals surface area contributed by atoms with Crippen LogP contribution in [0.2, 0.25) is 0 Å². The third-order valence-electron chi connectivity index (χ3n) is 2.95. The lowest BCUT2D eigenvalue weighted by Gasteiger charge is -2.13. The molecule has 0 unspecified atom stereocenters. The van der Waals surface area contributed by atoms with E-state index in [1.165, 1.54) is 0 Å². The van der Waals surface area contributed by atoms with E-state index in [0.29, 0.717) is 6.54 Å². The Morgan fingerprint density at radius 1 is 1.18 bits per heavy atom. The number of nitrogens with two attached hydrogens (primary N) is 1. The second kappa shape index (κ2) is 4.97. The van der Waals surface area contributed by atoms with E-state index in [-0.39, 0.29) is 12.3 Å². The van der Waals surface area contributed by atoms with Gasteiger partial charge in [-0.3, -0.25) is 4.79 Å². The highest BCUT2D eigenvalue weighted by Gasteiger charge is 2.13. The van der Waals surface area contributed by atoms with Crippen molar-refractivity contribution in [2.45, 2.75) is 12.3 Å². The molecule has 0 bridgehead atoms. The van der Waals surface area contributed by atoms with Crippen molar-refractivity contribution in [2.24, 2.45) is 5.73 Å². The van der Waals surface area contributed by atoms with Gasteiger partial charge in [-0.1, -0.05) is 42.5 Å². The third kappa shape index (κ3) is 2.63. The summed E-state index contributed by atoms with van der Waals surface area (Å²) >= 11 is 0. The lowest BCUT2D eigenvalue weighted by molar-refractivity contribution is -0.137. The molecular weight excluding hydrogens is 214 g/mol. The number of benzene rings is 2. The molecule has 0 saturated carbocycles. The van der Waals surface area contributed by atoms with E-state index < -0.39 is 5.97 Å². The Morgan fingerprint density at radius 2 is 1.88 bits per heavy atom. The summed E-state index contributed by atoms with van der Waals surface area (Å²) in [5.74, 6) is -0.925. The summed E-state index contributed by atoms with van der Waals surface area (Å²) < 4.78 is 0. The number of carboxylic acid groups (broad SMARTS) is 1. The van der Waals surface area contributed by atoms with Gasteiger partial charge in [-0.15, -0.1) is 0 Å². The topological polar surface area (TPSA) is 63.3 Å². The molecule has 3 N–H and O–H groups in total. The zero-order chi connectivity index (χ0) is 12.3. The largest absolute Gasteiger partial charge is 0.481 e. The van der Waals surface area contributed by atoms with Gasteiger partial charge in [0.15, 0.2) is 0 Å². The molecule has 0 aliphatic rings. The molecule has 0 saturated heterocycles. The maximum Gasteiger partial charge on any atom is 0.304 e. The Kier molecular flexibility index (Phi) is 3.40. The van der Waals surface area contributed by atoms with Crippen LogP contribution in [0.1, 0.15) is 17.9 Å². The minimum Gasteiger partial charge on any atom is -0.481 e. The van der Waals surface area contributed by atoms with E-state index in [9.17, 15) is 4.79 Å². The molecule has 1 atom stereocenters. The van der Waals surface area contributed by atoms with Crippen LogP contribution in [-0.4, -0.2) is 17.6 Å². The fourth-order valence-electron chi connectivity index (χ4n) is 2.01. The van der Waals surface area contributed by atoms with Crippen molar-refractivity contribution in [3.8, 4) is 0 Å². The molecule has 0 radical (unpaired) electrons. The van der Waals surface area contributed by atoms with Crippen molar-refractivity contribution in [3.63, 3.8) is 0 Å². The summed E-state index contributed by atoms with van der Waals surface area (Å²) in [7, 11) is 0. The van der Waals surface area contributed by atoms with Gasteiger partial charge in [0, 0.05) is 5.92 Å². The number of rotatable bonds is 4. The molecule has 3 heteroatoms. The number of hydrogen-bond acceptors (Lipinski definition) is 2. The van der Waals surface area contributed by atoms with Gasteiger partial charge >= 0.3 is 5.97 Å². The molecule has 2 aromatic rings. The van der Waals surface area contributed by atoms with Crippen molar-refractivity contribution in [3.05, 3.63) is 48.0 Å². The molecular formula is C14H15NO2. The first-order chi connectivity index (χ1) is 8.20. The maximum absolute atomic E-state index is 10.7.